The van der Waals surface area contributed by atoms with Gasteiger partial charge in [-0.1, -0.05) is 217 Å². The molecule has 9 aromatic carbocycles. The van der Waals surface area contributed by atoms with Crippen LogP contribution in [0.4, 0.5) is 17.1 Å². The van der Waals surface area contributed by atoms with Crippen molar-refractivity contribution in [2.24, 2.45) is 0 Å². The highest BCUT2D eigenvalue weighted by Gasteiger charge is 2.55. The summed E-state index contributed by atoms with van der Waals surface area (Å²) in [6, 6.07) is 80.8. The highest BCUT2D eigenvalue weighted by Crippen LogP contribution is 2.66. The van der Waals surface area contributed by atoms with Crippen molar-refractivity contribution in [2.75, 3.05) is 4.90 Å². The Bertz CT molecular complexity index is 3570. The van der Waals surface area contributed by atoms with Crippen molar-refractivity contribution in [1.82, 2.24) is 0 Å². The summed E-state index contributed by atoms with van der Waals surface area (Å²) < 4.78 is 7.57. The molecule has 0 atom stereocenters. The molecule has 1 aromatic heterocycles. The van der Waals surface area contributed by atoms with Gasteiger partial charge in [-0.3, -0.25) is 0 Å². The predicted molar refractivity (Wildman–Crippen MR) is 282 cm³/mol. The monoisotopic (exact) mass is 873 g/mol. The van der Waals surface area contributed by atoms with E-state index in [-0.39, 0.29) is 10.8 Å². The van der Waals surface area contributed by atoms with E-state index in [2.05, 4.69) is 258 Å². The fraction of sp³-hybridized carbons (Fsp3) is 0.121. The summed E-state index contributed by atoms with van der Waals surface area (Å²) >= 11 is 0. The van der Waals surface area contributed by atoms with E-state index in [1.54, 1.807) is 0 Å². The quantitative estimate of drug-likeness (QED) is 0.165. The van der Waals surface area contributed by atoms with Gasteiger partial charge in [-0.2, -0.15) is 0 Å². The van der Waals surface area contributed by atoms with Crippen LogP contribution in [0.2, 0.25) is 0 Å². The lowest BCUT2D eigenvalue weighted by Crippen LogP contribution is -2.25. The largest absolute Gasteiger partial charge is 0.458 e. The lowest BCUT2D eigenvalue weighted by Gasteiger charge is -2.28. The first-order valence-electron chi connectivity index (χ1n) is 24.0. The van der Waals surface area contributed by atoms with Crippen LogP contribution in [0.15, 0.2) is 223 Å². The molecule has 0 radical (unpaired) electrons. The maximum absolute atomic E-state index is 7.57. The number of nitrogens with zero attached hydrogens (tertiary/aromatic N) is 1. The summed E-state index contributed by atoms with van der Waals surface area (Å²) in [5.74, 6) is 1.87. The van der Waals surface area contributed by atoms with E-state index in [0.717, 1.165) is 50.8 Å². The average Bonchev–Trinajstić information content (AvgIpc) is 4.07. The van der Waals surface area contributed by atoms with E-state index < -0.39 is 5.41 Å². The van der Waals surface area contributed by atoms with Crippen LogP contribution in [0, 0.1) is 0 Å². The van der Waals surface area contributed by atoms with Crippen molar-refractivity contribution in [3.05, 3.63) is 258 Å². The lowest BCUT2D eigenvalue weighted by molar-refractivity contribution is 0.485. The van der Waals surface area contributed by atoms with Crippen LogP contribution in [0.1, 0.15) is 73.8 Å². The Kier molecular flexibility index (Phi) is 8.77. The molecule has 0 fully saturated rings. The predicted octanol–water partition coefficient (Wildman–Crippen LogP) is 17.7. The molecule has 1 heterocycles. The fourth-order valence-corrected chi connectivity index (χ4v) is 12.0. The van der Waals surface area contributed by atoms with Gasteiger partial charge < -0.3 is 9.32 Å². The molecule has 0 N–H and O–H groups in total. The van der Waals surface area contributed by atoms with Gasteiger partial charge in [-0.25, -0.2) is 0 Å². The molecule has 2 heteroatoms. The van der Waals surface area contributed by atoms with Crippen molar-refractivity contribution in [3.8, 4) is 67.0 Å². The standard InChI is InChI=1S/C66H51NO/c1-64(2,3)46-34-30-42(31-35-46)43-32-36-47(37-33-43)67(49-38-39-53-50-22-9-13-26-55(50)65(4,5)59(53)41-49)48-21-17-20-45(40-48)60-61-54-25-12-16-29-58(54)66(63(61)68-62(60)44-18-7-6-8-19-44)56-27-14-10-23-51(56)52-24-11-15-28-57(52)66/h6-41H,1-5H3. The minimum atomic E-state index is -0.603. The van der Waals surface area contributed by atoms with Crippen molar-refractivity contribution in [2.45, 2.75) is 50.9 Å². The zero-order chi connectivity index (χ0) is 45.9. The Hall–Kier alpha value is -7.94. The van der Waals surface area contributed by atoms with Gasteiger partial charge in [0, 0.05) is 39.2 Å². The molecule has 1 spiro atoms. The number of hydrogen-bond donors (Lipinski definition) is 0. The molecular formula is C66H51NO. The van der Waals surface area contributed by atoms with Crippen LogP contribution < -0.4 is 4.90 Å². The van der Waals surface area contributed by atoms with E-state index in [4.69, 9.17) is 4.42 Å². The molecule has 3 aliphatic rings. The van der Waals surface area contributed by atoms with Crippen molar-refractivity contribution >= 4 is 17.1 Å². The first-order valence-corrected chi connectivity index (χ1v) is 24.0. The molecule has 0 saturated heterocycles. The summed E-state index contributed by atoms with van der Waals surface area (Å²) in [6.45, 7) is 11.5. The minimum Gasteiger partial charge on any atom is -0.458 e. The fourth-order valence-electron chi connectivity index (χ4n) is 12.0. The van der Waals surface area contributed by atoms with Gasteiger partial charge in [0.25, 0.3) is 0 Å². The topological polar surface area (TPSA) is 16.4 Å². The van der Waals surface area contributed by atoms with Gasteiger partial charge in [-0.15, -0.1) is 0 Å². The molecule has 0 unspecified atom stereocenters. The smallest absolute Gasteiger partial charge is 0.142 e. The summed E-state index contributed by atoms with van der Waals surface area (Å²) in [5, 5.41) is 0. The Balaban J connectivity index is 1.02. The highest BCUT2D eigenvalue weighted by atomic mass is 16.3. The molecule has 68 heavy (non-hydrogen) atoms. The van der Waals surface area contributed by atoms with Crippen LogP contribution >= 0.6 is 0 Å². The summed E-state index contributed by atoms with van der Waals surface area (Å²) in [4.78, 5) is 2.44. The third-order valence-electron chi connectivity index (χ3n) is 15.3. The number of fused-ring (bicyclic) bond motifs is 13. The maximum atomic E-state index is 7.57. The van der Waals surface area contributed by atoms with Crippen LogP contribution in [0.5, 0.6) is 0 Å². The second kappa shape index (κ2) is 14.8. The summed E-state index contributed by atoms with van der Waals surface area (Å²) in [7, 11) is 0. The van der Waals surface area contributed by atoms with E-state index in [9.17, 15) is 0 Å². The van der Waals surface area contributed by atoms with Crippen molar-refractivity contribution < 1.29 is 4.42 Å². The normalized spacial score (nSPS) is 14.2. The second-order valence-electron chi connectivity index (χ2n) is 20.4. The van der Waals surface area contributed by atoms with Gasteiger partial charge in [-0.05, 0) is 120 Å². The first-order chi connectivity index (χ1) is 33.1. The van der Waals surface area contributed by atoms with E-state index in [1.807, 2.05) is 0 Å². The SMILES string of the molecule is CC(C)(C)c1ccc(-c2ccc(N(c3cccc(-c4c(-c5ccccc5)oc5c4-c4ccccc4C54c5ccccc5-c5ccccc54)c3)c3ccc4c(c3)C(C)(C)c3ccccc3-4)cc2)cc1. The third kappa shape index (κ3) is 5.77. The van der Waals surface area contributed by atoms with Gasteiger partial charge >= 0.3 is 0 Å². The van der Waals surface area contributed by atoms with Crippen LogP contribution in [0.25, 0.3) is 67.0 Å². The Labute approximate surface area is 399 Å². The molecule has 3 aliphatic carbocycles. The van der Waals surface area contributed by atoms with Gasteiger partial charge in [0.05, 0.1) is 0 Å². The van der Waals surface area contributed by atoms with Crippen LogP contribution in [-0.2, 0) is 16.2 Å². The lowest BCUT2D eigenvalue weighted by atomic mass is 9.73. The molecule has 326 valence electrons. The Morgan fingerprint density at radius 1 is 0.368 bits per heavy atom. The van der Waals surface area contributed by atoms with Crippen molar-refractivity contribution in [3.63, 3.8) is 0 Å². The Morgan fingerprint density at radius 2 is 0.853 bits per heavy atom. The molecule has 0 saturated carbocycles. The number of rotatable bonds is 6. The zero-order valence-electron chi connectivity index (χ0n) is 39.1. The number of furan rings is 1. The molecule has 0 aliphatic heterocycles. The van der Waals surface area contributed by atoms with Gasteiger partial charge in [0.1, 0.15) is 16.9 Å². The number of hydrogen-bond acceptors (Lipinski definition) is 2. The zero-order valence-corrected chi connectivity index (χ0v) is 39.1. The van der Waals surface area contributed by atoms with Crippen LogP contribution in [-0.4, -0.2) is 0 Å². The minimum absolute atomic E-state index is 0.0970. The molecular weight excluding hydrogens is 823 g/mol. The molecule has 13 rings (SSSR count). The van der Waals surface area contributed by atoms with E-state index in [1.165, 1.54) is 72.3 Å². The highest BCUT2D eigenvalue weighted by molar-refractivity contribution is 6.03. The first kappa shape index (κ1) is 40.3. The van der Waals surface area contributed by atoms with Crippen molar-refractivity contribution in [1.29, 1.82) is 0 Å². The summed E-state index contributed by atoms with van der Waals surface area (Å²) in [5.41, 5.74) is 23.7. The number of benzene rings is 9. The maximum Gasteiger partial charge on any atom is 0.142 e. The van der Waals surface area contributed by atoms with Gasteiger partial charge in [0.2, 0.25) is 0 Å². The molecule has 0 bridgehead atoms. The second-order valence-corrected chi connectivity index (χ2v) is 20.4. The number of anilines is 3. The molecule has 2 nitrogen and oxygen atoms in total. The van der Waals surface area contributed by atoms with E-state index in [0.29, 0.717) is 0 Å². The average molecular weight is 874 g/mol. The molecule has 10 aromatic rings. The van der Waals surface area contributed by atoms with Gasteiger partial charge in [0.15, 0.2) is 0 Å². The summed E-state index contributed by atoms with van der Waals surface area (Å²) in [6.07, 6.45) is 0. The third-order valence-corrected chi connectivity index (χ3v) is 15.3. The molecule has 0 amide bonds. The van der Waals surface area contributed by atoms with E-state index >= 15 is 0 Å². The van der Waals surface area contributed by atoms with Crippen LogP contribution in [0.3, 0.4) is 0 Å². The Morgan fingerprint density at radius 3 is 1.49 bits per heavy atom.